The number of amides is 1. The normalized spacial score (nSPS) is 20.2. The largest absolute Gasteiger partial charge is 0.480 e. The Kier molecular flexibility index (Phi) is 4.62. The molecule has 0 saturated carbocycles. The van der Waals surface area contributed by atoms with Gasteiger partial charge in [-0.3, -0.25) is 4.79 Å². The standard InChI is InChI=1S/C14H17ClN2O3/c15-11-3-1-9(2-4-11)5-12(14(19)20)17-8-10(7-16)6-13(17)18/h1-4,10,12H,5-8,16H2,(H,19,20). The Bertz CT molecular complexity index is 504. The zero-order chi connectivity index (χ0) is 14.7. The molecule has 1 aromatic carbocycles. The third-order valence-corrected chi connectivity index (χ3v) is 3.83. The number of carbonyl (C=O) groups is 2. The van der Waals surface area contributed by atoms with Gasteiger partial charge in [0.15, 0.2) is 0 Å². The van der Waals surface area contributed by atoms with Gasteiger partial charge < -0.3 is 15.7 Å². The van der Waals surface area contributed by atoms with Gasteiger partial charge in [-0.25, -0.2) is 4.79 Å². The molecule has 5 nitrogen and oxygen atoms in total. The molecule has 1 aliphatic heterocycles. The summed E-state index contributed by atoms with van der Waals surface area (Å²) < 4.78 is 0. The molecule has 0 aromatic heterocycles. The van der Waals surface area contributed by atoms with Crippen LogP contribution >= 0.6 is 11.6 Å². The van der Waals surface area contributed by atoms with Crippen molar-refractivity contribution in [1.29, 1.82) is 0 Å². The number of nitrogens with zero attached hydrogens (tertiary/aromatic N) is 1. The number of hydrogen-bond donors (Lipinski definition) is 2. The van der Waals surface area contributed by atoms with E-state index >= 15 is 0 Å². The Morgan fingerprint density at radius 3 is 2.60 bits per heavy atom. The van der Waals surface area contributed by atoms with E-state index in [9.17, 15) is 14.7 Å². The highest BCUT2D eigenvalue weighted by atomic mass is 35.5. The maximum atomic E-state index is 11.9. The number of likely N-dealkylation sites (tertiary alicyclic amines) is 1. The van der Waals surface area contributed by atoms with Crippen LogP contribution in [0, 0.1) is 5.92 Å². The number of aliphatic carboxylic acids is 1. The Morgan fingerprint density at radius 1 is 1.45 bits per heavy atom. The van der Waals surface area contributed by atoms with Crippen molar-refractivity contribution in [2.24, 2.45) is 11.7 Å². The van der Waals surface area contributed by atoms with Gasteiger partial charge in [-0.2, -0.15) is 0 Å². The first kappa shape index (κ1) is 14.8. The van der Waals surface area contributed by atoms with Crippen molar-refractivity contribution in [2.45, 2.75) is 18.9 Å². The SMILES string of the molecule is NCC1CC(=O)N(C(Cc2ccc(Cl)cc2)C(=O)O)C1. The third kappa shape index (κ3) is 3.29. The van der Waals surface area contributed by atoms with E-state index in [-0.39, 0.29) is 18.2 Å². The molecule has 1 saturated heterocycles. The van der Waals surface area contributed by atoms with Gasteiger partial charge >= 0.3 is 5.97 Å². The van der Waals surface area contributed by atoms with E-state index in [1.165, 1.54) is 4.90 Å². The Hall–Kier alpha value is -1.59. The number of rotatable bonds is 5. The Balaban J connectivity index is 2.13. The van der Waals surface area contributed by atoms with E-state index in [0.29, 0.717) is 24.5 Å². The van der Waals surface area contributed by atoms with E-state index < -0.39 is 12.0 Å². The molecule has 6 heteroatoms. The number of benzene rings is 1. The van der Waals surface area contributed by atoms with Crippen LogP contribution in [0.2, 0.25) is 5.02 Å². The zero-order valence-electron chi connectivity index (χ0n) is 11.0. The predicted octanol–water partition coefficient (Wildman–Crippen LogP) is 1.14. The molecule has 1 aliphatic rings. The highest BCUT2D eigenvalue weighted by Gasteiger charge is 2.37. The molecule has 0 radical (unpaired) electrons. The molecule has 3 N–H and O–H groups in total. The summed E-state index contributed by atoms with van der Waals surface area (Å²) in [6, 6.07) is 6.13. The molecule has 2 atom stereocenters. The Morgan fingerprint density at radius 2 is 2.10 bits per heavy atom. The number of carboxylic acid groups (broad SMARTS) is 1. The highest BCUT2D eigenvalue weighted by molar-refractivity contribution is 6.30. The van der Waals surface area contributed by atoms with Crippen molar-refractivity contribution < 1.29 is 14.7 Å². The molecule has 1 fully saturated rings. The van der Waals surface area contributed by atoms with Crippen molar-refractivity contribution in [1.82, 2.24) is 4.90 Å². The van der Waals surface area contributed by atoms with E-state index in [0.717, 1.165) is 5.56 Å². The topological polar surface area (TPSA) is 83.6 Å². The van der Waals surface area contributed by atoms with Crippen molar-refractivity contribution in [3.05, 3.63) is 34.9 Å². The first-order valence-electron chi connectivity index (χ1n) is 6.48. The molecule has 20 heavy (non-hydrogen) atoms. The predicted molar refractivity (Wildman–Crippen MR) is 75.5 cm³/mol. The minimum absolute atomic E-state index is 0.0505. The lowest BCUT2D eigenvalue weighted by Gasteiger charge is -2.24. The quantitative estimate of drug-likeness (QED) is 0.853. The first-order chi connectivity index (χ1) is 9.51. The zero-order valence-corrected chi connectivity index (χ0v) is 11.7. The molecule has 0 bridgehead atoms. The lowest BCUT2D eigenvalue weighted by molar-refractivity contribution is -0.148. The van der Waals surface area contributed by atoms with Gasteiger partial charge in [0, 0.05) is 24.4 Å². The number of hydrogen-bond acceptors (Lipinski definition) is 3. The van der Waals surface area contributed by atoms with Gasteiger partial charge in [0.1, 0.15) is 6.04 Å². The summed E-state index contributed by atoms with van der Waals surface area (Å²) in [5.41, 5.74) is 6.40. The number of carbonyl (C=O) groups excluding carboxylic acids is 1. The van der Waals surface area contributed by atoms with Crippen LogP contribution in [0.3, 0.4) is 0 Å². The summed E-state index contributed by atoms with van der Waals surface area (Å²) in [6.07, 6.45) is 0.608. The van der Waals surface area contributed by atoms with Gasteiger partial charge in [0.2, 0.25) is 5.91 Å². The smallest absolute Gasteiger partial charge is 0.326 e. The minimum Gasteiger partial charge on any atom is -0.480 e. The van der Waals surface area contributed by atoms with Gasteiger partial charge in [0.25, 0.3) is 0 Å². The molecule has 1 heterocycles. The summed E-state index contributed by atoms with van der Waals surface area (Å²) >= 11 is 5.80. The van der Waals surface area contributed by atoms with Gasteiger partial charge in [0.05, 0.1) is 0 Å². The van der Waals surface area contributed by atoms with Crippen LogP contribution in [0.15, 0.2) is 24.3 Å². The summed E-state index contributed by atoms with van der Waals surface area (Å²) in [5.74, 6) is -1.08. The lowest BCUT2D eigenvalue weighted by atomic mass is 10.0. The fraction of sp³-hybridized carbons (Fsp3) is 0.429. The maximum absolute atomic E-state index is 11.9. The third-order valence-electron chi connectivity index (χ3n) is 3.58. The van der Waals surface area contributed by atoms with E-state index in [4.69, 9.17) is 17.3 Å². The summed E-state index contributed by atoms with van der Waals surface area (Å²) in [7, 11) is 0. The molecule has 0 spiro atoms. The van der Waals surface area contributed by atoms with E-state index in [1.807, 2.05) is 0 Å². The van der Waals surface area contributed by atoms with Gasteiger partial charge in [-0.05, 0) is 30.2 Å². The number of nitrogens with two attached hydrogens (primary N) is 1. The molecule has 1 amide bonds. The van der Waals surface area contributed by atoms with Crippen LogP contribution < -0.4 is 5.73 Å². The number of carboxylic acids is 1. The van der Waals surface area contributed by atoms with Crippen molar-refractivity contribution in [3.63, 3.8) is 0 Å². The Labute approximate surface area is 122 Å². The molecule has 0 aliphatic carbocycles. The molecule has 1 aromatic rings. The lowest BCUT2D eigenvalue weighted by Crippen LogP contribution is -2.44. The van der Waals surface area contributed by atoms with E-state index in [2.05, 4.69) is 0 Å². The molecular formula is C14H17ClN2O3. The van der Waals surface area contributed by atoms with Gasteiger partial charge in [-0.15, -0.1) is 0 Å². The number of halogens is 1. The summed E-state index contributed by atoms with van der Waals surface area (Å²) in [5, 5.41) is 9.97. The summed E-state index contributed by atoms with van der Waals surface area (Å²) in [6.45, 7) is 0.815. The van der Waals surface area contributed by atoms with Crippen LogP contribution in [-0.4, -0.2) is 41.0 Å². The fourth-order valence-corrected chi connectivity index (χ4v) is 2.57. The minimum atomic E-state index is -0.994. The molecule has 2 unspecified atom stereocenters. The maximum Gasteiger partial charge on any atom is 0.326 e. The second-order valence-corrected chi connectivity index (χ2v) is 5.47. The fourth-order valence-electron chi connectivity index (χ4n) is 2.44. The second-order valence-electron chi connectivity index (χ2n) is 5.04. The van der Waals surface area contributed by atoms with Crippen LogP contribution in [0.4, 0.5) is 0 Å². The van der Waals surface area contributed by atoms with E-state index in [1.54, 1.807) is 24.3 Å². The monoisotopic (exact) mass is 296 g/mol. The van der Waals surface area contributed by atoms with Crippen molar-refractivity contribution >= 4 is 23.5 Å². The average molecular weight is 297 g/mol. The van der Waals surface area contributed by atoms with Crippen LogP contribution in [0.25, 0.3) is 0 Å². The molecule has 2 rings (SSSR count). The molecule has 108 valence electrons. The second kappa shape index (κ2) is 6.24. The van der Waals surface area contributed by atoms with Crippen LogP contribution in [0.5, 0.6) is 0 Å². The van der Waals surface area contributed by atoms with Crippen molar-refractivity contribution in [2.75, 3.05) is 13.1 Å². The summed E-state index contributed by atoms with van der Waals surface area (Å²) in [4.78, 5) is 24.8. The van der Waals surface area contributed by atoms with Crippen LogP contribution in [0.1, 0.15) is 12.0 Å². The van der Waals surface area contributed by atoms with Gasteiger partial charge in [-0.1, -0.05) is 23.7 Å². The molecular weight excluding hydrogens is 280 g/mol. The average Bonchev–Trinajstić information content (AvgIpc) is 2.79. The highest BCUT2D eigenvalue weighted by Crippen LogP contribution is 2.22. The first-order valence-corrected chi connectivity index (χ1v) is 6.86. The van der Waals surface area contributed by atoms with Crippen molar-refractivity contribution in [3.8, 4) is 0 Å². The van der Waals surface area contributed by atoms with Crippen LogP contribution in [-0.2, 0) is 16.0 Å².